The van der Waals surface area contributed by atoms with Gasteiger partial charge in [0.25, 0.3) is 0 Å². The van der Waals surface area contributed by atoms with Crippen LogP contribution in [0.25, 0.3) is 0 Å². The fourth-order valence-corrected chi connectivity index (χ4v) is 1.70. The van der Waals surface area contributed by atoms with E-state index in [9.17, 15) is 4.39 Å². The molecule has 15 heavy (non-hydrogen) atoms. The molecular formula is C12H19FN2. The van der Waals surface area contributed by atoms with Crippen LogP contribution in [0, 0.1) is 11.7 Å². The normalized spacial score (nSPS) is 14.9. The van der Waals surface area contributed by atoms with Gasteiger partial charge in [0.1, 0.15) is 5.82 Å². The highest BCUT2D eigenvalue weighted by Crippen LogP contribution is 2.23. The van der Waals surface area contributed by atoms with E-state index in [2.05, 4.69) is 31.1 Å². The lowest BCUT2D eigenvalue weighted by Gasteiger charge is -2.23. The molecule has 0 saturated carbocycles. The molecule has 2 nitrogen and oxygen atoms in total. The van der Waals surface area contributed by atoms with Gasteiger partial charge in [-0.05, 0) is 24.1 Å². The van der Waals surface area contributed by atoms with E-state index < -0.39 is 0 Å². The highest BCUT2D eigenvalue weighted by molar-refractivity contribution is 5.15. The van der Waals surface area contributed by atoms with E-state index >= 15 is 0 Å². The molecule has 0 aliphatic carbocycles. The smallest absolute Gasteiger partial charge is 0.141 e. The van der Waals surface area contributed by atoms with Gasteiger partial charge in [0.05, 0.1) is 6.20 Å². The summed E-state index contributed by atoms with van der Waals surface area (Å²) in [6.07, 6.45) is 4.04. The molecule has 0 bridgehead atoms. The summed E-state index contributed by atoms with van der Waals surface area (Å²) in [5, 5.41) is 3.37. The van der Waals surface area contributed by atoms with E-state index in [4.69, 9.17) is 0 Å². The number of aromatic nitrogens is 1. The maximum absolute atomic E-state index is 13.0. The molecule has 1 heterocycles. The van der Waals surface area contributed by atoms with Gasteiger partial charge >= 0.3 is 0 Å². The zero-order valence-corrected chi connectivity index (χ0v) is 9.63. The molecule has 84 valence electrons. The van der Waals surface area contributed by atoms with Gasteiger partial charge in [0.15, 0.2) is 0 Å². The van der Waals surface area contributed by atoms with Gasteiger partial charge in [-0.1, -0.05) is 27.2 Å². The number of hydrogen-bond acceptors (Lipinski definition) is 2. The summed E-state index contributed by atoms with van der Waals surface area (Å²) in [7, 11) is 0. The number of rotatable bonds is 5. The second kappa shape index (κ2) is 5.81. The predicted molar refractivity (Wildman–Crippen MR) is 60.1 cm³/mol. The quantitative estimate of drug-likeness (QED) is 0.808. The van der Waals surface area contributed by atoms with E-state index in [0.29, 0.717) is 5.92 Å². The van der Waals surface area contributed by atoms with Crippen molar-refractivity contribution in [3.63, 3.8) is 0 Å². The third-order valence-corrected chi connectivity index (χ3v) is 2.72. The molecule has 0 fully saturated rings. The first kappa shape index (κ1) is 12.1. The lowest BCUT2D eigenvalue weighted by molar-refractivity contribution is 0.381. The van der Waals surface area contributed by atoms with Gasteiger partial charge in [0, 0.05) is 12.2 Å². The van der Waals surface area contributed by atoms with Crippen molar-refractivity contribution < 1.29 is 4.39 Å². The SMILES string of the molecule is CCNC(c1cncc(F)c1)C(C)CC. The summed E-state index contributed by atoms with van der Waals surface area (Å²) < 4.78 is 13.0. The highest BCUT2D eigenvalue weighted by Gasteiger charge is 2.17. The van der Waals surface area contributed by atoms with Crippen molar-refractivity contribution >= 4 is 0 Å². The minimum Gasteiger partial charge on any atom is -0.310 e. The van der Waals surface area contributed by atoms with E-state index in [1.807, 2.05) is 0 Å². The molecule has 1 aromatic heterocycles. The minimum absolute atomic E-state index is 0.197. The molecule has 1 N–H and O–H groups in total. The molecule has 2 atom stereocenters. The molecule has 0 aliphatic heterocycles. The first-order valence-electron chi connectivity index (χ1n) is 5.52. The van der Waals surface area contributed by atoms with Crippen LogP contribution in [-0.4, -0.2) is 11.5 Å². The molecular weight excluding hydrogens is 191 g/mol. The van der Waals surface area contributed by atoms with E-state index in [1.54, 1.807) is 12.3 Å². The third kappa shape index (κ3) is 3.27. The molecule has 0 aliphatic rings. The van der Waals surface area contributed by atoms with Crippen LogP contribution in [0.1, 0.15) is 38.8 Å². The average molecular weight is 210 g/mol. The Balaban J connectivity index is 2.88. The number of nitrogens with zero attached hydrogens (tertiary/aromatic N) is 1. The first-order valence-corrected chi connectivity index (χ1v) is 5.52. The summed E-state index contributed by atoms with van der Waals surface area (Å²) in [5.41, 5.74) is 0.936. The Hall–Kier alpha value is -0.960. The summed E-state index contributed by atoms with van der Waals surface area (Å²) in [6, 6.07) is 1.76. The Kier molecular flexibility index (Phi) is 4.69. The second-order valence-electron chi connectivity index (χ2n) is 3.86. The van der Waals surface area contributed by atoms with Crippen LogP contribution in [-0.2, 0) is 0 Å². The van der Waals surface area contributed by atoms with Crippen LogP contribution in [0.4, 0.5) is 4.39 Å². The number of nitrogens with one attached hydrogen (secondary N) is 1. The second-order valence-corrected chi connectivity index (χ2v) is 3.86. The third-order valence-electron chi connectivity index (χ3n) is 2.72. The van der Waals surface area contributed by atoms with Crippen LogP contribution in [0.15, 0.2) is 18.5 Å². The molecule has 0 amide bonds. The van der Waals surface area contributed by atoms with Crippen molar-refractivity contribution in [3.05, 3.63) is 29.8 Å². The molecule has 0 aromatic carbocycles. The fourth-order valence-electron chi connectivity index (χ4n) is 1.70. The van der Waals surface area contributed by atoms with Crippen molar-refractivity contribution in [1.29, 1.82) is 0 Å². The van der Waals surface area contributed by atoms with Crippen LogP contribution >= 0.6 is 0 Å². The van der Waals surface area contributed by atoms with E-state index in [-0.39, 0.29) is 11.9 Å². The summed E-state index contributed by atoms with van der Waals surface area (Å²) in [4.78, 5) is 3.89. The van der Waals surface area contributed by atoms with Gasteiger partial charge in [-0.2, -0.15) is 0 Å². The van der Waals surface area contributed by atoms with Crippen molar-refractivity contribution in [1.82, 2.24) is 10.3 Å². The van der Waals surface area contributed by atoms with E-state index in [0.717, 1.165) is 18.5 Å². The summed E-state index contributed by atoms with van der Waals surface area (Å²) in [5.74, 6) is 0.215. The largest absolute Gasteiger partial charge is 0.310 e. The molecule has 3 heteroatoms. The number of hydrogen-bond donors (Lipinski definition) is 1. The maximum Gasteiger partial charge on any atom is 0.141 e. The van der Waals surface area contributed by atoms with E-state index in [1.165, 1.54) is 6.20 Å². The van der Waals surface area contributed by atoms with Crippen molar-refractivity contribution in [2.45, 2.75) is 33.2 Å². The average Bonchev–Trinajstić information content (AvgIpc) is 2.25. The zero-order valence-electron chi connectivity index (χ0n) is 9.63. The number of halogens is 1. The fraction of sp³-hybridized carbons (Fsp3) is 0.583. The monoisotopic (exact) mass is 210 g/mol. The molecule has 0 radical (unpaired) electrons. The van der Waals surface area contributed by atoms with Crippen LogP contribution < -0.4 is 5.32 Å². The van der Waals surface area contributed by atoms with Gasteiger partial charge < -0.3 is 5.32 Å². The Morgan fingerprint density at radius 1 is 1.40 bits per heavy atom. The molecule has 2 unspecified atom stereocenters. The van der Waals surface area contributed by atoms with Crippen LogP contribution in [0.2, 0.25) is 0 Å². The van der Waals surface area contributed by atoms with Crippen LogP contribution in [0.3, 0.4) is 0 Å². The molecule has 0 spiro atoms. The Morgan fingerprint density at radius 2 is 2.13 bits per heavy atom. The maximum atomic E-state index is 13.0. The van der Waals surface area contributed by atoms with Crippen molar-refractivity contribution in [2.24, 2.45) is 5.92 Å². The predicted octanol–water partition coefficient (Wildman–Crippen LogP) is 2.92. The zero-order chi connectivity index (χ0) is 11.3. The lowest BCUT2D eigenvalue weighted by atomic mass is 9.93. The Bertz CT molecular complexity index is 301. The van der Waals surface area contributed by atoms with Crippen molar-refractivity contribution in [3.8, 4) is 0 Å². The van der Waals surface area contributed by atoms with Gasteiger partial charge in [-0.15, -0.1) is 0 Å². The molecule has 0 saturated heterocycles. The highest BCUT2D eigenvalue weighted by atomic mass is 19.1. The first-order chi connectivity index (χ1) is 7.19. The number of pyridine rings is 1. The van der Waals surface area contributed by atoms with Gasteiger partial charge in [-0.3, -0.25) is 4.98 Å². The Morgan fingerprint density at radius 3 is 2.67 bits per heavy atom. The topological polar surface area (TPSA) is 24.9 Å². The molecule has 1 rings (SSSR count). The molecule has 1 aromatic rings. The van der Waals surface area contributed by atoms with Gasteiger partial charge in [-0.25, -0.2) is 4.39 Å². The Labute approximate surface area is 90.9 Å². The summed E-state index contributed by atoms with van der Waals surface area (Å²) in [6.45, 7) is 7.24. The lowest BCUT2D eigenvalue weighted by Crippen LogP contribution is -2.26. The van der Waals surface area contributed by atoms with Crippen molar-refractivity contribution in [2.75, 3.05) is 6.54 Å². The summed E-state index contributed by atoms with van der Waals surface area (Å²) >= 11 is 0. The minimum atomic E-state index is -0.265. The van der Waals surface area contributed by atoms with Gasteiger partial charge in [0.2, 0.25) is 0 Å². The standard InChI is InChI=1S/C12H19FN2/c1-4-9(3)12(15-5-2)10-6-11(13)8-14-7-10/h6-9,12,15H,4-5H2,1-3H3. The van der Waals surface area contributed by atoms with Crippen LogP contribution in [0.5, 0.6) is 0 Å².